The molecule has 2 atom stereocenters. The van der Waals surface area contributed by atoms with E-state index in [1.807, 2.05) is 36.9 Å². The fourth-order valence-electron chi connectivity index (χ4n) is 4.19. The molecule has 1 amide bonds. The van der Waals surface area contributed by atoms with E-state index in [0.29, 0.717) is 18.8 Å². The number of hydrogen-bond acceptors (Lipinski definition) is 5. The second-order valence-corrected chi connectivity index (χ2v) is 8.04. The molecule has 2 saturated heterocycles. The first-order chi connectivity index (χ1) is 13.6. The van der Waals surface area contributed by atoms with Gasteiger partial charge in [0.1, 0.15) is 5.76 Å². The van der Waals surface area contributed by atoms with E-state index in [2.05, 4.69) is 22.2 Å². The van der Waals surface area contributed by atoms with Crippen molar-refractivity contribution in [1.82, 2.24) is 15.0 Å². The Balaban J connectivity index is 1.62. The van der Waals surface area contributed by atoms with Gasteiger partial charge in [0.05, 0.1) is 18.8 Å². The number of amides is 1. The van der Waals surface area contributed by atoms with Gasteiger partial charge in [-0.3, -0.25) is 4.79 Å². The second kappa shape index (κ2) is 8.45. The van der Waals surface area contributed by atoms with Crippen LogP contribution in [0.2, 0.25) is 0 Å². The van der Waals surface area contributed by atoms with E-state index < -0.39 is 0 Å². The number of carbonyl (C=O) groups is 1. The van der Waals surface area contributed by atoms with Crippen LogP contribution in [-0.4, -0.2) is 59.8 Å². The van der Waals surface area contributed by atoms with Crippen LogP contribution in [0.25, 0.3) is 0 Å². The van der Waals surface area contributed by atoms with Gasteiger partial charge in [-0.15, -0.1) is 0 Å². The van der Waals surface area contributed by atoms with Crippen molar-refractivity contribution in [2.45, 2.75) is 44.8 Å². The Morgan fingerprint density at radius 1 is 1.18 bits per heavy atom. The molecule has 0 bridgehead atoms. The molecule has 4 rings (SSSR count). The maximum atomic E-state index is 13.3. The molecule has 150 valence electrons. The number of ether oxygens (including phenoxy) is 1. The van der Waals surface area contributed by atoms with Gasteiger partial charge >= 0.3 is 0 Å². The molecule has 2 fully saturated rings. The Hall–Kier alpha value is -2.18. The van der Waals surface area contributed by atoms with Crippen molar-refractivity contribution in [3.8, 4) is 0 Å². The van der Waals surface area contributed by atoms with Crippen LogP contribution in [0.15, 0.2) is 40.9 Å². The number of morpholine rings is 1. The van der Waals surface area contributed by atoms with Crippen LogP contribution < -0.4 is 0 Å². The summed E-state index contributed by atoms with van der Waals surface area (Å²) in [6.07, 6.45) is 2.43. The number of hydrogen-bond donors (Lipinski definition) is 0. The Morgan fingerprint density at radius 3 is 2.61 bits per heavy atom. The van der Waals surface area contributed by atoms with Gasteiger partial charge in [0.25, 0.3) is 5.91 Å². The van der Waals surface area contributed by atoms with Gasteiger partial charge in [-0.25, -0.2) is 0 Å². The first-order valence-corrected chi connectivity index (χ1v) is 10.3. The molecule has 6 heteroatoms. The zero-order valence-corrected chi connectivity index (χ0v) is 16.7. The third-order valence-electron chi connectivity index (χ3n) is 5.71. The summed E-state index contributed by atoms with van der Waals surface area (Å²) < 4.78 is 11.6. The molecule has 1 aromatic heterocycles. The van der Waals surface area contributed by atoms with Gasteiger partial charge < -0.3 is 19.1 Å². The van der Waals surface area contributed by atoms with Gasteiger partial charge in [-0.1, -0.05) is 49.3 Å². The lowest BCUT2D eigenvalue weighted by Crippen LogP contribution is -2.51. The van der Waals surface area contributed by atoms with E-state index >= 15 is 0 Å². The van der Waals surface area contributed by atoms with Crippen molar-refractivity contribution < 1.29 is 14.1 Å². The van der Waals surface area contributed by atoms with Crippen LogP contribution in [0.4, 0.5) is 0 Å². The Morgan fingerprint density at radius 2 is 1.93 bits per heavy atom. The van der Waals surface area contributed by atoms with Crippen molar-refractivity contribution >= 4 is 5.91 Å². The van der Waals surface area contributed by atoms with Crippen LogP contribution >= 0.6 is 0 Å². The van der Waals surface area contributed by atoms with Crippen molar-refractivity contribution in [2.24, 2.45) is 0 Å². The molecule has 0 N–H and O–H groups in total. The van der Waals surface area contributed by atoms with E-state index in [1.54, 1.807) is 6.07 Å². The second-order valence-electron chi connectivity index (χ2n) is 8.04. The van der Waals surface area contributed by atoms with E-state index in [0.717, 1.165) is 31.0 Å². The van der Waals surface area contributed by atoms with Crippen molar-refractivity contribution in [2.75, 3.05) is 32.8 Å². The van der Waals surface area contributed by atoms with Crippen molar-refractivity contribution in [3.63, 3.8) is 0 Å². The summed E-state index contributed by atoms with van der Waals surface area (Å²) in [4.78, 5) is 17.7. The molecular formula is C22H29N3O3. The molecule has 2 aromatic rings. The standard InChI is InChI=1S/C22H29N3O3/c1-16(2)19-14-18(23-28-19)22(26)25-12-13-27-20(15-24-10-6-7-11-24)21(25)17-8-4-3-5-9-17/h3-5,8-9,14,16,20-21H,6-7,10-13,15H2,1-2H3/t20-,21-/m0/s1. The normalized spacial score (nSPS) is 23.5. The summed E-state index contributed by atoms with van der Waals surface area (Å²) in [6.45, 7) is 8.22. The zero-order chi connectivity index (χ0) is 19.5. The van der Waals surface area contributed by atoms with Gasteiger partial charge in [-0.2, -0.15) is 0 Å². The molecule has 28 heavy (non-hydrogen) atoms. The molecule has 0 aliphatic carbocycles. The SMILES string of the molecule is CC(C)c1cc(C(=O)N2CCO[C@@H](CN3CCCC3)[C@@H]2c2ccccc2)no1. The van der Waals surface area contributed by atoms with Crippen LogP contribution in [0, 0.1) is 0 Å². The summed E-state index contributed by atoms with van der Waals surface area (Å²) in [5.41, 5.74) is 1.48. The van der Waals surface area contributed by atoms with E-state index in [-0.39, 0.29) is 24.0 Å². The van der Waals surface area contributed by atoms with Gasteiger partial charge in [-0.05, 0) is 31.5 Å². The van der Waals surface area contributed by atoms with Crippen molar-refractivity contribution in [1.29, 1.82) is 0 Å². The molecule has 0 unspecified atom stereocenters. The first-order valence-electron chi connectivity index (χ1n) is 10.3. The van der Waals surface area contributed by atoms with E-state index in [9.17, 15) is 4.79 Å². The lowest BCUT2D eigenvalue weighted by atomic mass is 9.97. The Kier molecular flexibility index (Phi) is 5.78. The Bertz CT molecular complexity index is 783. The first kappa shape index (κ1) is 19.2. The molecule has 3 heterocycles. The predicted octanol–water partition coefficient (Wildman–Crippen LogP) is 3.48. The number of carbonyl (C=O) groups excluding carboxylic acids is 1. The van der Waals surface area contributed by atoms with E-state index in [4.69, 9.17) is 9.26 Å². The topological polar surface area (TPSA) is 58.8 Å². The molecule has 0 saturated carbocycles. The van der Waals surface area contributed by atoms with Gasteiger partial charge in [0.2, 0.25) is 0 Å². The molecule has 6 nitrogen and oxygen atoms in total. The third kappa shape index (κ3) is 3.98. The number of likely N-dealkylation sites (tertiary alicyclic amines) is 1. The van der Waals surface area contributed by atoms with Crippen LogP contribution in [0.3, 0.4) is 0 Å². The highest BCUT2D eigenvalue weighted by Gasteiger charge is 2.38. The number of benzene rings is 1. The fraction of sp³-hybridized carbons (Fsp3) is 0.545. The third-order valence-corrected chi connectivity index (χ3v) is 5.71. The monoisotopic (exact) mass is 383 g/mol. The zero-order valence-electron chi connectivity index (χ0n) is 16.7. The highest BCUT2D eigenvalue weighted by molar-refractivity contribution is 5.92. The summed E-state index contributed by atoms with van der Waals surface area (Å²) in [5, 5.41) is 4.05. The molecule has 0 radical (unpaired) electrons. The Labute approximate surface area is 166 Å². The quantitative estimate of drug-likeness (QED) is 0.791. The number of aromatic nitrogens is 1. The predicted molar refractivity (Wildman–Crippen MR) is 106 cm³/mol. The van der Waals surface area contributed by atoms with Gasteiger partial charge in [0.15, 0.2) is 5.69 Å². The summed E-state index contributed by atoms with van der Waals surface area (Å²) in [7, 11) is 0. The average Bonchev–Trinajstić information content (AvgIpc) is 3.40. The maximum Gasteiger partial charge on any atom is 0.276 e. The summed E-state index contributed by atoms with van der Waals surface area (Å²) in [6, 6.07) is 11.9. The molecule has 1 aromatic carbocycles. The summed E-state index contributed by atoms with van der Waals surface area (Å²) >= 11 is 0. The largest absolute Gasteiger partial charge is 0.373 e. The highest BCUT2D eigenvalue weighted by Crippen LogP contribution is 2.32. The lowest BCUT2D eigenvalue weighted by Gasteiger charge is -2.42. The maximum absolute atomic E-state index is 13.3. The minimum absolute atomic E-state index is 0.0466. The molecular weight excluding hydrogens is 354 g/mol. The fourth-order valence-corrected chi connectivity index (χ4v) is 4.19. The highest BCUT2D eigenvalue weighted by atomic mass is 16.5. The molecule has 2 aliphatic rings. The van der Waals surface area contributed by atoms with Crippen LogP contribution in [0.1, 0.15) is 60.5 Å². The summed E-state index contributed by atoms with van der Waals surface area (Å²) in [5.74, 6) is 0.854. The lowest BCUT2D eigenvalue weighted by molar-refractivity contribution is -0.0709. The molecule has 2 aliphatic heterocycles. The minimum atomic E-state index is -0.123. The molecule has 0 spiro atoms. The number of nitrogens with zero attached hydrogens (tertiary/aromatic N) is 3. The van der Waals surface area contributed by atoms with E-state index in [1.165, 1.54) is 12.8 Å². The average molecular weight is 383 g/mol. The van der Waals surface area contributed by atoms with Gasteiger partial charge in [0, 0.05) is 25.1 Å². The van der Waals surface area contributed by atoms with Crippen molar-refractivity contribution in [3.05, 3.63) is 53.4 Å². The number of rotatable bonds is 5. The van der Waals surface area contributed by atoms with Crippen LogP contribution in [0.5, 0.6) is 0 Å². The smallest absolute Gasteiger partial charge is 0.276 e. The van der Waals surface area contributed by atoms with Crippen LogP contribution in [-0.2, 0) is 4.74 Å². The minimum Gasteiger partial charge on any atom is -0.373 e.